The van der Waals surface area contributed by atoms with Gasteiger partial charge >= 0.3 is 0 Å². The van der Waals surface area contributed by atoms with Gasteiger partial charge in [-0.25, -0.2) is 5.84 Å². The number of rotatable bonds is 6. The maximum atomic E-state index is 11.0. The maximum absolute atomic E-state index is 11.0. The molecule has 1 aromatic rings. The SMILES string of the molecule is C=CCc1cccc(OC)c1OCC(=O)NN. The Kier molecular flexibility index (Phi) is 5.03. The lowest BCUT2D eigenvalue weighted by Crippen LogP contribution is -2.34. The number of amides is 1. The van der Waals surface area contributed by atoms with E-state index in [9.17, 15) is 4.79 Å². The number of carbonyl (C=O) groups is 1. The first-order valence-corrected chi connectivity index (χ1v) is 5.12. The van der Waals surface area contributed by atoms with Crippen molar-refractivity contribution in [3.63, 3.8) is 0 Å². The smallest absolute Gasteiger partial charge is 0.271 e. The topological polar surface area (TPSA) is 73.6 Å². The third-order valence-corrected chi connectivity index (χ3v) is 2.15. The molecule has 0 saturated heterocycles. The summed E-state index contributed by atoms with van der Waals surface area (Å²) in [6.45, 7) is 3.52. The summed E-state index contributed by atoms with van der Waals surface area (Å²) >= 11 is 0. The quantitative estimate of drug-likeness (QED) is 0.331. The molecule has 17 heavy (non-hydrogen) atoms. The standard InChI is InChI=1S/C12H16N2O3/c1-3-5-9-6-4-7-10(16-2)12(9)17-8-11(15)14-13/h3-4,6-7H,1,5,8,13H2,2H3,(H,14,15). The van der Waals surface area contributed by atoms with Crippen molar-refractivity contribution in [3.05, 3.63) is 36.4 Å². The molecule has 0 atom stereocenters. The maximum Gasteiger partial charge on any atom is 0.271 e. The predicted molar refractivity (Wildman–Crippen MR) is 64.7 cm³/mol. The van der Waals surface area contributed by atoms with Crippen LogP contribution in [0.5, 0.6) is 11.5 Å². The number of hydrogen-bond acceptors (Lipinski definition) is 4. The number of hydrogen-bond donors (Lipinski definition) is 2. The molecule has 0 aliphatic carbocycles. The largest absolute Gasteiger partial charge is 0.493 e. The molecule has 3 N–H and O–H groups in total. The summed E-state index contributed by atoms with van der Waals surface area (Å²) in [5, 5.41) is 0. The molecule has 0 aliphatic heterocycles. The molecule has 1 rings (SSSR count). The fraction of sp³-hybridized carbons (Fsp3) is 0.250. The zero-order valence-corrected chi connectivity index (χ0v) is 9.73. The Hall–Kier alpha value is -2.01. The molecule has 0 saturated carbocycles. The Morgan fingerprint density at radius 2 is 2.35 bits per heavy atom. The first-order chi connectivity index (χ1) is 8.22. The minimum atomic E-state index is -0.402. The number of nitrogens with one attached hydrogen (secondary N) is 1. The van der Waals surface area contributed by atoms with E-state index >= 15 is 0 Å². The van der Waals surface area contributed by atoms with Crippen LogP contribution in [0.15, 0.2) is 30.9 Å². The van der Waals surface area contributed by atoms with Gasteiger partial charge in [0.15, 0.2) is 18.1 Å². The minimum Gasteiger partial charge on any atom is -0.493 e. The van der Waals surface area contributed by atoms with E-state index in [1.807, 2.05) is 17.6 Å². The van der Waals surface area contributed by atoms with Gasteiger partial charge in [0.25, 0.3) is 5.91 Å². The molecule has 92 valence electrons. The van der Waals surface area contributed by atoms with Gasteiger partial charge in [-0.05, 0) is 12.5 Å². The summed E-state index contributed by atoms with van der Waals surface area (Å²) in [4.78, 5) is 11.0. The van der Waals surface area contributed by atoms with Crippen LogP contribution in [0.3, 0.4) is 0 Å². The predicted octanol–water partition coefficient (Wildman–Crippen LogP) is 0.792. The second kappa shape index (κ2) is 6.55. The molecular formula is C12H16N2O3. The zero-order chi connectivity index (χ0) is 12.7. The van der Waals surface area contributed by atoms with Gasteiger partial charge in [0, 0.05) is 5.56 Å². The van der Waals surface area contributed by atoms with Gasteiger partial charge in [0.1, 0.15) is 0 Å². The molecule has 0 unspecified atom stereocenters. The van der Waals surface area contributed by atoms with Gasteiger partial charge < -0.3 is 9.47 Å². The van der Waals surface area contributed by atoms with Crippen LogP contribution in [-0.2, 0) is 11.2 Å². The van der Waals surface area contributed by atoms with Crippen molar-refractivity contribution in [1.29, 1.82) is 0 Å². The third-order valence-electron chi connectivity index (χ3n) is 2.15. The van der Waals surface area contributed by atoms with Gasteiger partial charge in [0.2, 0.25) is 0 Å². The van der Waals surface area contributed by atoms with Crippen molar-refractivity contribution in [2.45, 2.75) is 6.42 Å². The average molecular weight is 236 g/mol. The summed E-state index contributed by atoms with van der Waals surface area (Å²) in [6, 6.07) is 5.51. The number of hydrazine groups is 1. The molecule has 0 aliphatic rings. The molecule has 0 fully saturated rings. The number of ether oxygens (including phenoxy) is 2. The molecule has 5 nitrogen and oxygen atoms in total. The van der Waals surface area contributed by atoms with Crippen molar-refractivity contribution >= 4 is 5.91 Å². The third kappa shape index (κ3) is 3.49. The Bertz CT molecular complexity index is 405. The van der Waals surface area contributed by atoms with Crippen molar-refractivity contribution in [2.75, 3.05) is 13.7 Å². The van der Waals surface area contributed by atoms with Gasteiger partial charge in [-0.3, -0.25) is 10.2 Å². The Balaban J connectivity index is 2.91. The van der Waals surface area contributed by atoms with Gasteiger partial charge in [-0.1, -0.05) is 18.2 Å². The number of benzene rings is 1. The van der Waals surface area contributed by atoms with Crippen molar-refractivity contribution in [2.24, 2.45) is 5.84 Å². The van der Waals surface area contributed by atoms with Crippen molar-refractivity contribution in [3.8, 4) is 11.5 Å². The fourth-order valence-electron chi connectivity index (χ4n) is 1.38. The minimum absolute atomic E-state index is 0.152. The average Bonchev–Trinajstić information content (AvgIpc) is 2.36. The second-order valence-corrected chi connectivity index (χ2v) is 3.30. The van der Waals surface area contributed by atoms with Crippen LogP contribution in [0.4, 0.5) is 0 Å². The molecule has 0 radical (unpaired) electrons. The van der Waals surface area contributed by atoms with E-state index in [0.29, 0.717) is 17.9 Å². The first-order valence-electron chi connectivity index (χ1n) is 5.12. The molecule has 0 aromatic heterocycles. The highest BCUT2D eigenvalue weighted by molar-refractivity contribution is 5.76. The number of carbonyl (C=O) groups excluding carboxylic acids is 1. The van der Waals surface area contributed by atoms with Crippen molar-refractivity contribution < 1.29 is 14.3 Å². The lowest BCUT2D eigenvalue weighted by Gasteiger charge is -2.13. The van der Waals surface area contributed by atoms with E-state index < -0.39 is 5.91 Å². The van der Waals surface area contributed by atoms with E-state index in [4.69, 9.17) is 15.3 Å². The monoisotopic (exact) mass is 236 g/mol. The lowest BCUT2D eigenvalue weighted by molar-refractivity contribution is -0.123. The van der Waals surface area contributed by atoms with Crippen molar-refractivity contribution in [1.82, 2.24) is 5.43 Å². The summed E-state index contributed by atoms with van der Waals surface area (Å²) in [7, 11) is 1.54. The van der Waals surface area contributed by atoms with Crippen LogP contribution in [0.2, 0.25) is 0 Å². The summed E-state index contributed by atoms with van der Waals surface area (Å²) in [5.74, 6) is 5.69. The van der Waals surface area contributed by atoms with Crippen LogP contribution in [0, 0.1) is 0 Å². The van der Waals surface area contributed by atoms with Gasteiger partial charge in [0.05, 0.1) is 7.11 Å². The fourth-order valence-corrected chi connectivity index (χ4v) is 1.38. The normalized spacial score (nSPS) is 9.53. The molecule has 5 heteroatoms. The van der Waals surface area contributed by atoms with Gasteiger partial charge in [-0.2, -0.15) is 0 Å². The summed E-state index contributed by atoms with van der Waals surface area (Å²) in [6.07, 6.45) is 2.39. The van der Waals surface area contributed by atoms with Crippen LogP contribution < -0.4 is 20.7 Å². The highest BCUT2D eigenvalue weighted by atomic mass is 16.5. The molecule has 1 aromatic carbocycles. The van der Waals surface area contributed by atoms with Crippen LogP contribution in [-0.4, -0.2) is 19.6 Å². The number of nitrogens with two attached hydrogens (primary N) is 1. The molecular weight excluding hydrogens is 220 g/mol. The van der Waals surface area contributed by atoms with E-state index in [1.54, 1.807) is 19.3 Å². The lowest BCUT2D eigenvalue weighted by atomic mass is 10.1. The van der Waals surface area contributed by atoms with E-state index in [2.05, 4.69) is 6.58 Å². The number of para-hydroxylation sites is 1. The zero-order valence-electron chi connectivity index (χ0n) is 9.73. The number of methoxy groups -OCH3 is 1. The Labute approximate surface area is 100 Å². The Morgan fingerprint density at radius 1 is 1.59 bits per heavy atom. The highest BCUT2D eigenvalue weighted by Crippen LogP contribution is 2.31. The van der Waals surface area contributed by atoms with E-state index in [-0.39, 0.29) is 6.61 Å². The molecule has 1 amide bonds. The molecule has 0 spiro atoms. The Morgan fingerprint density at radius 3 is 2.94 bits per heavy atom. The molecule has 0 bridgehead atoms. The molecule has 0 heterocycles. The van der Waals surface area contributed by atoms with Gasteiger partial charge in [-0.15, -0.1) is 6.58 Å². The van der Waals surface area contributed by atoms with E-state index in [1.165, 1.54) is 0 Å². The van der Waals surface area contributed by atoms with E-state index in [0.717, 1.165) is 5.56 Å². The second-order valence-electron chi connectivity index (χ2n) is 3.30. The highest BCUT2D eigenvalue weighted by Gasteiger charge is 2.11. The number of allylic oxidation sites excluding steroid dienone is 1. The van der Waals surface area contributed by atoms with Crippen LogP contribution >= 0.6 is 0 Å². The first kappa shape index (κ1) is 13.1. The van der Waals surface area contributed by atoms with Crippen LogP contribution in [0.1, 0.15) is 5.56 Å². The van der Waals surface area contributed by atoms with Crippen LogP contribution in [0.25, 0.3) is 0 Å². The summed E-state index contributed by atoms with van der Waals surface area (Å²) < 4.78 is 10.6. The summed E-state index contributed by atoms with van der Waals surface area (Å²) in [5.41, 5.74) is 2.91.